The van der Waals surface area contributed by atoms with Crippen LogP contribution in [0.25, 0.3) is 10.2 Å². The van der Waals surface area contributed by atoms with Crippen LogP contribution in [0.3, 0.4) is 0 Å². The van der Waals surface area contributed by atoms with E-state index in [0.717, 1.165) is 9.58 Å². The van der Waals surface area contributed by atoms with Gasteiger partial charge in [0.2, 0.25) is 5.56 Å². The quantitative estimate of drug-likeness (QED) is 0.746. The average molecular weight is 302 g/mol. The summed E-state index contributed by atoms with van der Waals surface area (Å²) < 4.78 is 0.913. The van der Waals surface area contributed by atoms with E-state index >= 15 is 0 Å². The molecule has 0 atom stereocenters. The summed E-state index contributed by atoms with van der Waals surface area (Å²) in [5, 5.41) is 0.549. The van der Waals surface area contributed by atoms with Crippen LogP contribution in [0.2, 0.25) is 5.02 Å². The van der Waals surface area contributed by atoms with E-state index < -0.39 is 0 Å². The molecule has 0 fully saturated rings. The molecule has 0 bridgehead atoms. The maximum atomic E-state index is 11.3. The molecule has 0 aliphatic heterocycles. The van der Waals surface area contributed by atoms with Crippen molar-refractivity contribution in [1.82, 2.24) is 4.98 Å². The Balaban J connectivity index is 0.000000980. The summed E-state index contributed by atoms with van der Waals surface area (Å²) in [6, 6.07) is 3.05. The van der Waals surface area contributed by atoms with Crippen LogP contribution < -0.4 is 5.56 Å². The molecule has 0 spiro atoms. The number of pyridine rings is 1. The van der Waals surface area contributed by atoms with Gasteiger partial charge < -0.3 is 4.98 Å². The van der Waals surface area contributed by atoms with Gasteiger partial charge in [-0.15, -0.1) is 22.0 Å². The molecule has 0 saturated heterocycles. The van der Waals surface area contributed by atoms with Gasteiger partial charge in [-0.05, 0) is 18.9 Å². The standard InChI is InChI=1S/C9H7ClNOS.Y/c1-4-3-6-8(13-4)7(10)5(2)9(12)11-6;/h1-2H3,(H,11,12);/q-1;. The first-order valence-electron chi connectivity index (χ1n) is 3.80. The summed E-state index contributed by atoms with van der Waals surface area (Å²) in [6.07, 6.45) is 0. The molecule has 2 aromatic heterocycles. The second-order valence-electron chi connectivity index (χ2n) is 2.88. The second kappa shape index (κ2) is 4.44. The third kappa shape index (κ3) is 1.96. The smallest absolute Gasteiger partial charge is 0.248 e. The fraction of sp³-hybridized carbons (Fsp3) is 0.222. The monoisotopic (exact) mass is 301 g/mol. The van der Waals surface area contributed by atoms with E-state index in [0.29, 0.717) is 16.1 Å². The molecule has 0 amide bonds. The number of thiophene rings is 1. The Hall–Kier alpha value is 0.304. The first-order valence-corrected chi connectivity index (χ1v) is 5.00. The van der Waals surface area contributed by atoms with E-state index in [1.54, 1.807) is 18.3 Å². The number of H-pyrrole nitrogens is 1. The van der Waals surface area contributed by atoms with Crippen molar-refractivity contribution in [3.8, 4) is 0 Å². The van der Waals surface area contributed by atoms with E-state index in [4.69, 9.17) is 11.6 Å². The van der Waals surface area contributed by atoms with Crippen LogP contribution in [-0.2, 0) is 32.7 Å². The summed E-state index contributed by atoms with van der Waals surface area (Å²) in [5.41, 5.74) is 1.15. The number of nitrogens with one attached hydrogen (secondary N) is 1. The molecule has 1 N–H and O–H groups in total. The minimum Gasteiger partial charge on any atom is -0.356 e. The minimum atomic E-state index is -0.133. The van der Waals surface area contributed by atoms with Gasteiger partial charge in [-0.2, -0.15) is 0 Å². The molecule has 71 valence electrons. The maximum Gasteiger partial charge on any atom is 0.248 e. The number of hydrogen-bond acceptors (Lipinski definition) is 2. The largest absolute Gasteiger partial charge is 0.356 e. The first-order chi connectivity index (χ1) is 6.09. The summed E-state index contributed by atoms with van der Waals surface area (Å²) in [4.78, 5) is 15.1. The van der Waals surface area contributed by atoms with Gasteiger partial charge in [-0.1, -0.05) is 4.70 Å². The molecule has 5 heteroatoms. The van der Waals surface area contributed by atoms with Crippen molar-refractivity contribution >= 4 is 33.2 Å². The van der Waals surface area contributed by atoms with Crippen molar-refractivity contribution in [1.29, 1.82) is 0 Å². The molecule has 0 aromatic carbocycles. The fourth-order valence-electron chi connectivity index (χ4n) is 1.18. The summed E-state index contributed by atoms with van der Waals surface area (Å²) in [7, 11) is 0. The van der Waals surface area contributed by atoms with Gasteiger partial charge in [-0.25, -0.2) is 6.07 Å². The fourth-order valence-corrected chi connectivity index (χ4v) is 2.38. The second-order valence-corrected chi connectivity index (χ2v) is 4.48. The third-order valence-electron chi connectivity index (χ3n) is 1.89. The average Bonchev–Trinajstić information content (AvgIpc) is 2.42. The van der Waals surface area contributed by atoms with Gasteiger partial charge in [0.1, 0.15) is 0 Å². The SMILES string of the molecule is Cc1[c-]c2[nH]c(=O)c(C)c(Cl)c2s1.[Y]. The molecule has 0 saturated carbocycles. The Morgan fingerprint density at radius 2 is 2.07 bits per heavy atom. The Morgan fingerprint density at radius 3 is 2.71 bits per heavy atom. The normalized spacial score (nSPS) is 10.2. The van der Waals surface area contributed by atoms with E-state index in [9.17, 15) is 4.79 Å². The van der Waals surface area contributed by atoms with Gasteiger partial charge in [0.05, 0.1) is 0 Å². The first kappa shape index (κ1) is 12.4. The zero-order valence-electron chi connectivity index (χ0n) is 7.77. The number of aromatic nitrogens is 1. The molecular weight excluding hydrogens is 295 g/mol. The van der Waals surface area contributed by atoms with E-state index in [1.807, 2.05) is 6.92 Å². The van der Waals surface area contributed by atoms with Crippen LogP contribution >= 0.6 is 22.9 Å². The van der Waals surface area contributed by atoms with Crippen molar-refractivity contribution in [2.75, 3.05) is 0 Å². The predicted molar refractivity (Wildman–Crippen MR) is 55.8 cm³/mol. The van der Waals surface area contributed by atoms with Crippen molar-refractivity contribution in [3.05, 3.63) is 31.9 Å². The van der Waals surface area contributed by atoms with Crippen LogP contribution in [0.1, 0.15) is 10.4 Å². The number of aromatic amines is 1. The van der Waals surface area contributed by atoms with Gasteiger partial charge in [-0.3, -0.25) is 16.1 Å². The van der Waals surface area contributed by atoms with Gasteiger partial charge in [0.25, 0.3) is 0 Å². The molecular formula is C9H7ClNOSY-. The zero-order valence-corrected chi connectivity index (χ0v) is 12.2. The van der Waals surface area contributed by atoms with Gasteiger partial charge >= 0.3 is 0 Å². The molecule has 1 radical (unpaired) electrons. The van der Waals surface area contributed by atoms with Crippen molar-refractivity contribution in [3.63, 3.8) is 0 Å². The summed E-state index contributed by atoms with van der Waals surface area (Å²) >= 11 is 7.56. The minimum absolute atomic E-state index is 0. The van der Waals surface area contributed by atoms with Gasteiger partial charge in [0, 0.05) is 38.3 Å². The van der Waals surface area contributed by atoms with Gasteiger partial charge in [0.15, 0.2) is 0 Å². The molecule has 0 unspecified atom stereocenters. The maximum absolute atomic E-state index is 11.3. The number of fused-ring (bicyclic) bond motifs is 1. The van der Waals surface area contributed by atoms with Crippen LogP contribution in [0.4, 0.5) is 0 Å². The van der Waals surface area contributed by atoms with Crippen LogP contribution in [0.15, 0.2) is 4.79 Å². The Morgan fingerprint density at radius 1 is 1.43 bits per heavy atom. The van der Waals surface area contributed by atoms with Crippen LogP contribution in [0.5, 0.6) is 0 Å². The third-order valence-corrected chi connectivity index (χ3v) is 3.50. The molecule has 2 rings (SSSR count). The zero-order chi connectivity index (χ0) is 9.59. The van der Waals surface area contributed by atoms with Crippen molar-refractivity contribution < 1.29 is 32.7 Å². The number of aryl methyl sites for hydroxylation is 1. The number of hydrogen-bond donors (Lipinski definition) is 1. The Kier molecular flexibility index (Phi) is 3.92. The van der Waals surface area contributed by atoms with Crippen LogP contribution in [-0.4, -0.2) is 4.98 Å². The predicted octanol–water partition coefficient (Wildman–Crippen LogP) is 2.66. The number of halogens is 1. The van der Waals surface area contributed by atoms with E-state index in [1.165, 1.54) is 0 Å². The molecule has 0 aliphatic rings. The topological polar surface area (TPSA) is 32.9 Å². The van der Waals surface area contributed by atoms with Crippen molar-refractivity contribution in [2.24, 2.45) is 0 Å². The van der Waals surface area contributed by atoms with E-state index in [-0.39, 0.29) is 38.3 Å². The molecule has 2 heterocycles. The Bertz CT molecular complexity index is 531. The van der Waals surface area contributed by atoms with E-state index in [2.05, 4.69) is 11.1 Å². The Labute approximate surface area is 116 Å². The summed E-state index contributed by atoms with van der Waals surface area (Å²) in [6.45, 7) is 3.66. The molecule has 0 aliphatic carbocycles. The number of rotatable bonds is 0. The van der Waals surface area contributed by atoms with Crippen LogP contribution in [0, 0.1) is 19.9 Å². The van der Waals surface area contributed by atoms with Crippen molar-refractivity contribution in [2.45, 2.75) is 13.8 Å². The summed E-state index contributed by atoms with van der Waals surface area (Å²) in [5.74, 6) is 0. The molecule has 2 aromatic rings. The molecule has 14 heavy (non-hydrogen) atoms. The molecule has 2 nitrogen and oxygen atoms in total.